The third-order valence-corrected chi connectivity index (χ3v) is 5.24. The molecular formula is C19H28N6O8. The Balaban J connectivity index is 2.15. The van der Waals surface area contributed by atoms with Gasteiger partial charge in [0, 0.05) is 31.3 Å². The van der Waals surface area contributed by atoms with Crippen molar-refractivity contribution in [1.82, 2.24) is 25.5 Å². The summed E-state index contributed by atoms with van der Waals surface area (Å²) in [5, 5.41) is 31.7. The molecule has 0 bridgehead atoms. The van der Waals surface area contributed by atoms with Crippen LogP contribution in [0.3, 0.4) is 0 Å². The number of imidazole rings is 1. The number of nitrogens with zero attached hydrogens (tertiary/aromatic N) is 2. The molecule has 4 unspecified atom stereocenters. The standard InChI is InChI=1S/C19H28N6O8/c20-11(3-4-15(27)28)16(29)23-12(6-10-7-21-9-22-10)18(31)25-5-1-2-14(25)17(30)24-13(8-26)19(32)33/h7,9,11-14,26H,1-6,8,20H2,(H,21,22)(H,23,29)(H,24,30)(H,27,28)(H,32,33). The van der Waals surface area contributed by atoms with E-state index in [1.54, 1.807) is 0 Å². The van der Waals surface area contributed by atoms with Crippen molar-refractivity contribution in [2.45, 2.75) is 56.3 Å². The van der Waals surface area contributed by atoms with Crippen LogP contribution in [-0.4, -0.2) is 97.2 Å². The van der Waals surface area contributed by atoms with E-state index in [2.05, 4.69) is 20.6 Å². The molecule has 33 heavy (non-hydrogen) atoms. The summed E-state index contributed by atoms with van der Waals surface area (Å²) in [5.41, 5.74) is 6.28. The number of hydrogen-bond acceptors (Lipinski definition) is 8. The van der Waals surface area contributed by atoms with Gasteiger partial charge in [-0.15, -0.1) is 0 Å². The van der Waals surface area contributed by atoms with E-state index < -0.39 is 60.4 Å². The number of aromatic amines is 1. The first kappa shape index (κ1) is 25.7. The molecule has 14 heteroatoms. The molecule has 0 aromatic carbocycles. The van der Waals surface area contributed by atoms with Crippen LogP contribution in [0.25, 0.3) is 0 Å². The third-order valence-electron chi connectivity index (χ3n) is 5.24. The quantitative estimate of drug-likeness (QED) is 0.166. The van der Waals surface area contributed by atoms with Crippen molar-refractivity contribution in [3.8, 4) is 0 Å². The lowest BCUT2D eigenvalue weighted by molar-refractivity contribution is -0.145. The Morgan fingerprint density at radius 2 is 1.94 bits per heavy atom. The number of hydrogen-bond donors (Lipinski definition) is 7. The maximum atomic E-state index is 13.3. The first-order valence-corrected chi connectivity index (χ1v) is 10.3. The average molecular weight is 468 g/mol. The van der Waals surface area contributed by atoms with Crippen LogP contribution < -0.4 is 16.4 Å². The number of aliphatic hydroxyl groups is 1. The van der Waals surface area contributed by atoms with Gasteiger partial charge in [-0.05, 0) is 19.3 Å². The largest absolute Gasteiger partial charge is 0.481 e. The zero-order valence-electron chi connectivity index (χ0n) is 17.8. The highest BCUT2D eigenvalue weighted by atomic mass is 16.4. The molecule has 1 aromatic heterocycles. The number of aromatic nitrogens is 2. The molecule has 1 saturated heterocycles. The molecule has 1 aliphatic heterocycles. The molecule has 0 aliphatic carbocycles. The number of H-pyrrole nitrogens is 1. The summed E-state index contributed by atoms with van der Waals surface area (Å²) in [7, 11) is 0. The minimum Gasteiger partial charge on any atom is -0.481 e. The Kier molecular flexibility index (Phi) is 9.30. The summed E-state index contributed by atoms with van der Waals surface area (Å²) in [5.74, 6) is -4.57. The van der Waals surface area contributed by atoms with Gasteiger partial charge in [0.25, 0.3) is 0 Å². The summed E-state index contributed by atoms with van der Waals surface area (Å²) >= 11 is 0. The van der Waals surface area contributed by atoms with Gasteiger partial charge in [0.2, 0.25) is 17.7 Å². The molecule has 2 rings (SSSR count). The number of nitrogens with one attached hydrogen (secondary N) is 3. The second kappa shape index (κ2) is 11.9. The van der Waals surface area contributed by atoms with Crippen LogP contribution in [-0.2, 0) is 30.4 Å². The molecule has 182 valence electrons. The Labute approximate surface area is 188 Å². The molecule has 0 radical (unpaired) electrons. The number of aliphatic hydroxyl groups excluding tert-OH is 1. The lowest BCUT2D eigenvalue weighted by Gasteiger charge is -2.29. The van der Waals surface area contributed by atoms with Crippen molar-refractivity contribution >= 4 is 29.7 Å². The number of rotatable bonds is 12. The molecule has 0 saturated carbocycles. The van der Waals surface area contributed by atoms with E-state index in [4.69, 9.17) is 21.1 Å². The molecule has 1 aliphatic rings. The van der Waals surface area contributed by atoms with E-state index in [-0.39, 0.29) is 32.2 Å². The summed E-state index contributed by atoms with van der Waals surface area (Å²) in [6.07, 6.45) is 3.17. The molecule has 0 spiro atoms. The minimum absolute atomic E-state index is 0.00938. The Morgan fingerprint density at radius 3 is 2.52 bits per heavy atom. The predicted octanol–water partition coefficient (Wildman–Crippen LogP) is -2.82. The summed E-state index contributed by atoms with van der Waals surface area (Å²) in [6, 6.07) is -4.78. The van der Waals surface area contributed by atoms with Gasteiger partial charge in [-0.2, -0.15) is 0 Å². The van der Waals surface area contributed by atoms with E-state index in [0.29, 0.717) is 12.1 Å². The third kappa shape index (κ3) is 7.25. The lowest BCUT2D eigenvalue weighted by Crippen LogP contribution is -2.57. The van der Waals surface area contributed by atoms with E-state index in [1.807, 2.05) is 0 Å². The summed E-state index contributed by atoms with van der Waals surface area (Å²) in [6.45, 7) is -0.608. The van der Waals surface area contributed by atoms with Gasteiger partial charge < -0.3 is 41.6 Å². The van der Waals surface area contributed by atoms with Gasteiger partial charge in [0.1, 0.15) is 18.1 Å². The molecular weight excluding hydrogens is 440 g/mol. The molecule has 14 nitrogen and oxygen atoms in total. The summed E-state index contributed by atoms with van der Waals surface area (Å²) < 4.78 is 0. The number of carbonyl (C=O) groups excluding carboxylic acids is 3. The summed E-state index contributed by atoms with van der Waals surface area (Å²) in [4.78, 5) is 68.2. The molecule has 4 atom stereocenters. The maximum absolute atomic E-state index is 13.3. The number of carbonyl (C=O) groups is 5. The fourth-order valence-corrected chi connectivity index (χ4v) is 3.46. The topological polar surface area (TPSA) is 228 Å². The highest BCUT2D eigenvalue weighted by molar-refractivity contribution is 5.94. The average Bonchev–Trinajstić information content (AvgIpc) is 3.46. The van der Waals surface area contributed by atoms with Crippen LogP contribution in [0.15, 0.2) is 12.5 Å². The lowest BCUT2D eigenvalue weighted by atomic mass is 10.1. The molecule has 3 amide bonds. The Hall–Kier alpha value is -3.52. The van der Waals surface area contributed by atoms with Crippen molar-refractivity contribution in [1.29, 1.82) is 0 Å². The predicted molar refractivity (Wildman–Crippen MR) is 110 cm³/mol. The van der Waals surface area contributed by atoms with Crippen molar-refractivity contribution in [3.05, 3.63) is 18.2 Å². The van der Waals surface area contributed by atoms with E-state index in [1.165, 1.54) is 17.4 Å². The van der Waals surface area contributed by atoms with Gasteiger partial charge in [-0.25, -0.2) is 9.78 Å². The number of aliphatic carboxylic acids is 2. The Morgan fingerprint density at radius 1 is 1.21 bits per heavy atom. The maximum Gasteiger partial charge on any atom is 0.328 e. The highest BCUT2D eigenvalue weighted by Crippen LogP contribution is 2.20. The number of carboxylic acids is 2. The van der Waals surface area contributed by atoms with Gasteiger partial charge in [0.05, 0.1) is 19.0 Å². The number of nitrogens with two attached hydrogens (primary N) is 1. The van der Waals surface area contributed by atoms with E-state index in [0.717, 1.165) is 0 Å². The van der Waals surface area contributed by atoms with E-state index in [9.17, 15) is 24.0 Å². The van der Waals surface area contributed by atoms with Crippen LogP contribution in [0.1, 0.15) is 31.4 Å². The van der Waals surface area contributed by atoms with Gasteiger partial charge >= 0.3 is 11.9 Å². The zero-order valence-corrected chi connectivity index (χ0v) is 17.8. The Bertz CT molecular complexity index is 860. The zero-order chi connectivity index (χ0) is 24.5. The smallest absolute Gasteiger partial charge is 0.328 e. The molecule has 1 fully saturated rings. The molecule has 2 heterocycles. The van der Waals surface area contributed by atoms with E-state index >= 15 is 0 Å². The molecule has 8 N–H and O–H groups in total. The second-order valence-corrected chi connectivity index (χ2v) is 7.65. The fourth-order valence-electron chi connectivity index (χ4n) is 3.46. The van der Waals surface area contributed by atoms with Crippen molar-refractivity contribution in [2.24, 2.45) is 5.73 Å². The van der Waals surface area contributed by atoms with Crippen molar-refractivity contribution in [3.63, 3.8) is 0 Å². The van der Waals surface area contributed by atoms with Crippen molar-refractivity contribution < 1.29 is 39.3 Å². The SMILES string of the molecule is NC(CCC(=O)O)C(=O)NC(Cc1cnc[nH]1)C(=O)N1CCCC1C(=O)NC(CO)C(=O)O. The minimum atomic E-state index is -1.51. The normalized spacial score (nSPS) is 18.2. The fraction of sp³-hybridized carbons (Fsp3) is 0.579. The number of carboxylic acid groups (broad SMARTS) is 2. The first-order valence-electron chi connectivity index (χ1n) is 10.3. The number of likely N-dealkylation sites (tertiary alicyclic amines) is 1. The van der Waals surface area contributed by atoms with Crippen LogP contribution >= 0.6 is 0 Å². The van der Waals surface area contributed by atoms with Crippen LogP contribution in [0.4, 0.5) is 0 Å². The first-order chi connectivity index (χ1) is 15.6. The second-order valence-electron chi connectivity index (χ2n) is 7.65. The molecule has 1 aromatic rings. The van der Waals surface area contributed by atoms with Gasteiger partial charge in [-0.3, -0.25) is 19.2 Å². The van der Waals surface area contributed by atoms with Crippen molar-refractivity contribution in [2.75, 3.05) is 13.2 Å². The van der Waals surface area contributed by atoms with Crippen LogP contribution in [0.5, 0.6) is 0 Å². The highest BCUT2D eigenvalue weighted by Gasteiger charge is 2.39. The van der Waals surface area contributed by atoms with Crippen LogP contribution in [0, 0.1) is 0 Å². The van der Waals surface area contributed by atoms with Gasteiger partial charge in [-0.1, -0.05) is 0 Å². The van der Waals surface area contributed by atoms with Gasteiger partial charge in [0.15, 0.2) is 0 Å². The number of amides is 3. The van der Waals surface area contributed by atoms with Crippen LogP contribution in [0.2, 0.25) is 0 Å². The monoisotopic (exact) mass is 468 g/mol.